The first-order chi connectivity index (χ1) is 12.8. The van der Waals surface area contributed by atoms with E-state index in [-0.39, 0.29) is 6.54 Å². The highest BCUT2D eigenvalue weighted by molar-refractivity contribution is 5.81. The van der Waals surface area contributed by atoms with Gasteiger partial charge in [0.15, 0.2) is 0 Å². The Morgan fingerprint density at radius 1 is 0.963 bits per heavy atom. The van der Waals surface area contributed by atoms with Crippen molar-refractivity contribution in [2.45, 2.75) is 84.9 Å². The summed E-state index contributed by atoms with van der Waals surface area (Å²) in [6.45, 7) is 6.63. The zero-order valence-electron chi connectivity index (χ0n) is 16.7. The molecule has 27 heavy (non-hydrogen) atoms. The minimum Gasteiger partial charge on any atom is -0.493 e. The molecule has 154 valence electrons. The zero-order valence-corrected chi connectivity index (χ0v) is 16.7. The molecule has 0 spiro atoms. The summed E-state index contributed by atoms with van der Waals surface area (Å²) in [6.07, 6.45) is 2.86. The second-order valence-corrected chi connectivity index (χ2v) is 6.78. The van der Waals surface area contributed by atoms with Gasteiger partial charge in [-0.3, -0.25) is 4.79 Å². The molecule has 1 aromatic rings. The monoisotopic (exact) mass is 387 g/mol. The number of carbonyl (C=O) groups excluding carboxylic acids is 1. The third-order valence-electron chi connectivity index (χ3n) is 4.46. The average molecular weight is 387 g/mol. The van der Waals surface area contributed by atoms with Crippen molar-refractivity contribution >= 4 is 5.91 Å². The number of ether oxygens (including phenoxy) is 1. The molecule has 0 fully saturated rings. The number of amides is 1. The summed E-state index contributed by atoms with van der Waals surface area (Å²) in [5, 5.41) is 1.97. The quantitative estimate of drug-likeness (QED) is 0.465. The molecule has 0 aliphatic heterocycles. The Morgan fingerprint density at radius 3 is 2.15 bits per heavy atom. The van der Waals surface area contributed by atoms with E-state index < -0.39 is 12.1 Å². The van der Waals surface area contributed by atoms with E-state index in [1.54, 1.807) is 6.07 Å². The van der Waals surface area contributed by atoms with E-state index in [2.05, 4.69) is 20.8 Å². The molecule has 0 aromatic heterocycles. The van der Waals surface area contributed by atoms with E-state index >= 15 is 0 Å². The van der Waals surface area contributed by atoms with Gasteiger partial charge in [-0.05, 0) is 43.2 Å². The number of rotatable bonds is 12. The van der Waals surface area contributed by atoms with Crippen molar-refractivity contribution in [3.63, 3.8) is 0 Å². The molecule has 1 N–H and O–H groups in total. The van der Waals surface area contributed by atoms with Crippen molar-refractivity contribution in [2.75, 3.05) is 6.61 Å². The molecule has 0 saturated carbocycles. The van der Waals surface area contributed by atoms with Gasteiger partial charge in [-0.2, -0.15) is 13.2 Å². The number of hydrogen-bond acceptors (Lipinski definition) is 2. The van der Waals surface area contributed by atoms with Crippen LogP contribution in [-0.2, 0) is 24.2 Å². The molecule has 0 atom stereocenters. The summed E-state index contributed by atoms with van der Waals surface area (Å²) in [7, 11) is 0. The van der Waals surface area contributed by atoms with E-state index in [1.165, 1.54) is 5.56 Å². The summed E-state index contributed by atoms with van der Waals surface area (Å²) >= 11 is 0. The molecule has 1 rings (SSSR count). The molecule has 0 aliphatic rings. The van der Waals surface area contributed by atoms with Crippen LogP contribution in [0.5, 0.6) is 5.75 Å². The largest absolute Gasteiger partial charge is 0.493 e. The topological polar surface area (TPSA) is 38.3 Å². The van der Waals surface area contributed by atoms with Crippen molar-refractivity contribution < 1.29 is 22.7 Å². The summed E-state index contributed by atoms with van der Waals surface area (Å²) in [4.78, 5) is 11.2. The predicted octanol–water partition coefficient (Wildman–Crippen LogP) is 5.73. The lowest BCUT2D eigenvalue weighted by Crippen LogP contribution is -2.36. The van der Waals surface area contributed by atoms with Gasteiger partial charge in [-0.15, -0.1) is 0 Å². The van der Waals surface area contributed by atoms with Gasteiger partial charge < -0.3 is 10.1 Å². The maximum Gasteiger partial charge on any atom is 0.471 e. The Bertz CT molecular complexity index is 586. The molecule has 1 aromatic carbocycles. The lowest BCUT2D eigenvalue weighted by atomic mass is 9.94. The highest BCUT2D eigenvalue weighted by atomic mass is 19.4. The summed E-state index contributed by atoms with van der Waals surface area (Å²) < 4.78 is 43.5. The molecular weight excluding hydrogens is 355 g/mol. The number of carbonyl (C=O) groups is 1. The van der Waals surface area contributed by atoms with Gasteiger partial charge in [-0.25, -0.2) is 0 Å². The lowest BCUT2D eigenvalue weighted by molar-refractivity contribution is -0.173. The smallest absolute Gasteiger partial charge is 0.471 e. The van der Waals surface area contributed by atoms with E-state index in [0.29, 0.717) is 17.9 Å². The zero-order chi connectivity index (χ0) is 20.3. The minimum atomic E-state index is -4.88. The van der Waals surface area contributed by atoms with Crippen LogP contribution in [0.25, 0.3) is 0 Å². The van der Waals surface area contributed by atoms with Gasteiger partial charge in [0.05, 0.1) is 6.61 Å². The van der Waals surface area contributed by atoms with Crippen molar-refractivity contribution in [1.82, 2.24) is 5.32 Å². The van der Waals surface area contributed by atoms with Crippen molar-refractivity contribution in [1.29, 1.82) is 0 Å². The number of alkyl halides is 3. The summed E-state index contributed by atoms with van der Waals surface area (Å²) in [5.74, 6) is -1.26. The maximum atomic E-state index is 12.5. The normalized spacial score (nSPS) is 11.5. The number of unbranched alkanes of at least 4 members (excludes halogenated alkanes) is 3. The fourth-order valence-electron chi connectivity index (χ4n) is 2.86. The Balaban J connectivity index is 3.15. The molecule has 0 saturated heterocycles. The van der Waals surface area contributed by atoms with Crippen LogP contribution in [0.2, 0.25) is 0 Å². The van der Waals surface area contributed by atoms with Crippen LogP contribution in [0.4, 0.5) is 13.2 Å². The summed E-state index contributed by atoms with van der Waals surface area (Å²) in [6, 6.07) is 3.76. The Morgan fingerprint density at radius 2 is 1.56 bits per heavy atom. The van der Waals surface area contributed by atoms with Crippen LogP contribution in [0.15, 0.2) is 12.1 Å². The molecule has 0 heterocycles. The van der Waals surface area contributed by atoms with Gasteiger partial charge in [0, 0.05) is 12.1 Å². The Hall–Kier alpha value is -1.72. The highest BCUT2D eigenvalue weighted by Crippen LogP contribution is 2.31. The van der Waals surface area contributed by atoms with Crippen LogP contribution in [0, 0.1) is 0 Å². The van der Waals surface area contributed by atoms with Crippen LogP contribution in [0.1, 0.15) is 76.0 Å². The predicted molar refractivity (Wildman–Crippen MR) is 102 cm³/mol. The maximum absolute atomic E-state index is 12.5. The van der Waals surface area contributed by atoms with Crippen LogP contribution in [-0.4, -0.2) is 18.7 Å². The first-order valence-electron chi connectivity index (χ1n) is 9.96. The van der Waals surface area contributed by atoms with Crippen LogP contribution < -0.4 is 10.1 Å². The number of nitrogens with one attached hydrogen (secondary N) is 1. The lowest BCUT2D eigenvalue weighted by Gasteiger charge is -2.20. The summed E-state index contributed by atoms with van der Waals surface area (Å²) in [5.41, 5.74) is 2.89. The minimum absolute atomic E-state index is 0.188. The van der Waals surface area contributed by atoms with Gasteiger partial charge in [0.25, 0.3) is 0 Å². The molecular formula is C21H32F3NO2. The molecule has 0 aliphatic carbocycles. The molecule has 0 unspecified atom stereocenters. The fourth-order valence-corrected chi connectivity index (χ4v) is 2.86. The van der Waals surface area contributed by atoms with Gasteiger partial charge >= 0.3 is 12.1 Å². The SMILES string of the molecule is CCCCOc1c(CNC(=O)C(F)(F)F)ccc(CCCC)c1CCCC. The van der Waals surface area contributed by atoms with Crippen molar-refractivity contribution in [2.24, 2.45) is 0 Å². The third-order valence-corrected chi connectivity index (χ3v) is 4.46. The molecule has 6 heteroatoms. The Kier molecular flexibility index (Phi) is 10.3. The van der Waals surface area contributed by atoms with E-state index in [1.807, 2.05) is 11.4 Å². The standard InChI is InChI=1S/C21H32F3NO2/c1-4-7-10-16-12-13-17(15-25-20(26)21(22,23)24)19(27-14-9-6-3)18(16)11-8-5-2/h12-13H,4-11,14-15H2,1-3H3,(H,25,26). The second-order valence-electron chi connectivity index (χ2n) is 6.78. The third kappa shape index (κ3) is 7.81. The van der Waals surface area contributed by atoms with Crippen LogP contribution >= 0.6 is 0 Å². The van der Waals surface area contributed by atoms with E-state index in [9.17, 15) is 18.0 Å². The van der Waals surface area contributed by atoms with Gasteiger partial charge in [0.2, 0.25) is 0 Å². The van der Waals surface area contributed by atoms with E-state index in [0.717, 1.165) is 56.9 Å². The molecule has 1 amide bonds. The van der Waals surface area contributed by atoms with Crippen molar-refractivity contribution in [3.05, 3.63) is 28.8 Å². The van der Waals surface area contributed by atoms with Crippen molar-refractivity contribution in [3.8, 4) is 5.75 Å². The fraction of sp³-hybridized carbons (Fsp3) is 0.667. The molecule has 3 nitrogen and oxygen atoms in total. The first kappa shape index (κ1) is 23.3. The highest BCUT2D eigenvalue weighted by Gasteiger charge is 2.38. The van der Waals surface area contributed by atoms with Gasteiger partial charge in [-0.1, -0.05) is 52.2 Å². The number of benzene rings is 1. The van der Waals surface area contributed by atoms with Crippen LogP contribution in [0.3, 0.4) is 0 Å². The number of aryl methyl sites for hydroxylation is 1. The molecule has 0 bridgehead atoms. The van der Waals surface area contributed by atoms with E-state index in [4.69, 9.17) is 4.74 Å². The first-order valence-corrected chi connectivity index (χ1v) is 9.96. The van der Waals surface area contributed by atoms with Gasteiger partial charge in [0.1, 0.15) is 5.75 Å². The average Bonchev–Trinajstić information content (AvgIpc) is 2.63. The Labute approximate surface area is 160 Å². The number of hydrogen-bond donors (Lipinski definition) is 1. The second kappa shape index (κ2) is 11.9. The number of halogens is 3. The molecule has 0 radical (unpaired) electrons.